The lowest BCUT2D eigenvalue weighted by Gasteiger charge is -2.11. The predicted molar refractivity (Wildman–Crippen MR) is 74.9 cm³/mol. The SMILES string of the molecule is CCOc1ccc(NC(=O)COCCOC)cc1CO. The quantitative estimate of drug-likeness (QED) is 0.665. The fourth-order valence-corrected chi connectivity index (χ4v) is 1.58. The number of rotatable bonds is 9. The zero-order valence-corrected chi connectivity index (χ0v) is 11.8. The second-order valence-electron chi connectivity index (χ2n) is 4.01. The number of nitrogens with one attached hydrogen (secondary N) is 1. The minimum Gasteiger partial charge on any atom is -0.494 e. The number of hydrogen-bond donors (Lipinski definition) is 2. The molecule has 112 valence electrons. The molecule has 0 spiro atoms. The van der Waals surface area contributed by atoms with E-state index in [1.54, 1.807) is 25.3 Å². The molecular formula is C14H21NO5. The highest BCUT2D eigenvalue weighted by atomic mass is 16.5. The Morgan fingerprint density at radius 2 is 2.15 bits per heavy atom. The van der Waals surface area contributed by atoms with Gasteiger partial charge >= 0.3 is 0 Å². The van der Waals surface area contributed by atoms with Gasteiger partial charge in [-0.1, -0.05) is 0 Å². The third-order valence-corrected chi connectivity index (χ3v) is 2.48. The molecule has 2 N–H and O–H groups in total. The Morgan fingerprint density at radius 1 is 1.35 bits per heavy atom. The largest absolute Gasteiger partial charge is 0.494 e. The number of amides is 1. The highest BCUT2D eigenvalue weighted by molar-refractivity contribution is 5.91. The zero-order valence-electron chi connectivity index (χ0n) is 11.8. The molecule has 1 aromatic rings. The number of benzene rings is 1. The van der Waals surface area contributed by atoms with Crippen molar-refractivity contribution < 1.29 is 24.1 Å². The van der Waals surface area contributed by atoms with E-state index in [2.05, 4.69) is 5.32 Å². The van der Waals surface area contributed by atoms with Crippen molar-refractivity contribution in [3.63, 3.8) is 0 Å². The molecule has 0 aliphatic heterocycles. The van der Waals surface area contributed by atoms with Crippen LogP contribution < -0.4 is 10.1 Å². The highest BCUT2D eigenvalue weighted by Crippen LogP contribution is 2.22. The van der Waals surface area contributed by atoms with E-state index in [4.69, 9.17) is 14.2 Å². The summed E-state index contributed by atoms with van der Waals surface area (Å²) in [5.41, 5.74) is 1.22. The molecule has 0 saturated heterocycles. The highest BCUT2D eigenvalue weighted by Gasteiger charge is 2.07. The fourth-order valence-electron chi connectivity index (χ4n) is 1.58. The molecule has 0 aromatic heterocycles. The Balaban J connectivity index is 2.52. The molecule has 1 amide bonds. The zero-order chi connectivity index (χ0) is 14.8. The summed E-state index contributed by atoms with van der Waals surface area (Å²) in [6, 6.07) is 5.12. The van der Waals surface area contributed by atoms with Gasteiger partial charge in [-0.05, 0) is 25.1 Å². The van der Waals surface area contributed by atoms with E-state index in [0.717, 1.165) is 0 Å². The van der Waals surface area contributed by atoms with Gasteiger partial charge in [0.1, 0.15) is 12.4 Å². The molecule has 1 aromatic carbocycles. The third-order valence-electron chi connectivity index (χ3n) is 2.48. The van der Waals surface area contributed by atoms with Gasteiger partial charge in [0, 0.05) is 18.4 Å². The van der Waals surface area contributed by atoms with Crippen molar-refractivity contribution in [2.45, 2.75) is 13.5 Å². The molecule has 0 aliphatic rings. The number of anilines is 1. The number of hydrogen-bond acceptors (Lipinski definition) is 5. The number of ether oxygens (including phenoxy) is 3. The van der Waals surface area contributed by atoms with E-state index in [1.165, 1.54) is 0 Å². The summed E-state index contributed by atoms with van der Waals surface area (Å²) in [5, 5.41) is 12.0. The second kappa shape index (κ2) is 9.30. The lowest BCUT2D eigenvalue weighted by atomic mass is 10.2. The average Bonchev–Trinajstić information content (AvgIpc) is 2.45. The first kappa shape index (κ1) is 16.4. The van der Waals surface area contributed by atoms with Crippen LogP contribution in [-0.4, -0.2) is 44.6 Å². The lowest BCUT2D eigenvalue weighted by Crippen LogP contribution is -2.19. The molecule has 0 heterocycles. The van der Waals surface area contributed by atoms with Gasteiger partial charge in [0.25, 0.3) is 0 Å². The Hall–Kier alpha value is -1.63. The van der Waals surface area contributed by atoms with Gasteiger partial charge in [0.05, 0.1) is 26.4 Å². The van der Waals surface area contributed by atoms with Gasteiger partial charge in [-0.25, -0.2) is 0 Å². The lowest BCUT2D eigenvalue weighted by molar-refractivity contribution is -0.121. The number of aliphatic hydroxyl groups excluding tert-OH is 1. The van der Waals surface area contributed by atoms with Crippen molar-refractivity contribution in [3.05, 3.63) is 23.8 Å². The van der Waals surface area contributed by atoms with Crippen molar-refractivity contribution in [1.29, 1.82) is 0 Å². The van der Waals surface area contributed by atoms with Crippen LogP contribution in [0.2, 0.25) is 0 Å². The molecule has 1 rings (SSSR count). The van der Waals surface area contributed by atoms with Crippen LogP contribution in [-0.2, 0) is 20.9 Å². The van der Waals surface area contributed by atoms with Crippen LogP contribution in [0.1, 0.15) is 12.5 Å². The maximum atomic E-state index is 11.6. The molecule has 0 fully saturated rings. The Kier molecular flexibility index (Phi) is 7.64. The van der Waals surface area contributed by atoms with Crippen molar-refractivity contribution >= 4 is 11.6 Å². The average molecular weight is 283 g/mol. The smallest absolute Gasteiger partial charge is 0.250 e. The van der Waals surface area contributed by atoms with Gasteiger partial charge in [-0.15, -0.1) is 0 Å². The number of aliphatic hydroxyl groups is 1. The number of methoxy groups -OCH3 is 1. The fraction of sp³-hybridized carbons (Fsp3) is 0.500. The summed E-state index contributed by atoms with van der Waals surface area (Å²) in [6.45, 7) is 3.02. The summed E-state index contributed by atoms with van der Waals surface area (Å²) in [5.74, 6) is 0.360. The summed E-state index contributed by atoms with van der Waals surface area (Å²) < 4.78 is 15.3. The van der Waals surface area contributed by atoms with E-state index >= 15 is 0 Å². The summed E-state index contributed by atoms with van der Waals surface area (Å²) >= 11 is 0. The first-order valence-corrected chi connectivity index (χ1v) is 6.44. The minimum atomic E-state index is -0.255. The molecule has 0 saturated carbocycles. The third kappa shape index (κ3) is 5.56. The molecule has 0 atom stereocenters. The second-order valence-corrected chi connectivity index (χ2v) is 4.01. The van der Waals surface area contributed by atoms with Gasteiger partial charge in [-0.3, -0.25) is 4.79 Å². The van der Waals surface area contributed by atoms with Crippen LogP contribution in [0.3, 0.4) is 0 Å². The Labute approximate surface area is 118 Å². The van der Waals surface area contributed by atoms with Crippen LogP contribution >= 0.6 is 0 Å². The molecule has 0 bridgehead atoms. The minimum absolute atomic E-state index is 0.0367. The summed E-state index contributed by atoms with van der Waals surface area (Å²) in [4.78, 5) is 11.6. The van der Waals surface area contributed by atoms with E-state index in [-0.39, 0.29) is 19.1 Å². The molecule has 20 heavy (non-hydrogen) atoms. The van der Waals surface area contributed by atoms with E-state index in [0.29, 0.717) is 36.8 Å². The number of carbonyl (C=O) groups excluding carboxylic acids is 1. The van der Waals surface area contributed by atoms with Gasteiger partial charge in [0.2, 0.25) is 5.91 Å². The Morgan fingerprint density at radius 3 is 2.80 bits per heavy atom. The van der Waals surface area contributed by atoms with Gasteiger partial charge in [0.15, 0.2) is 0 Å². The van der Waals surface area contributed by atoms with E-state index < -0.39 is 0 Å². The normalized spacial score (nSPS) is 10.3. The molecular weight excluding hydrogens is 262 g/mol. The predicted octanol–water partition coefficient (Wildman–Crippen LogP) is 1.18. The topological polar surface area (TPSA) is 77.0 Å². The van der Waals surface area contributed by atoms with Crippen LogP contribution in [0, 0.1) is 0 Å². The standard InChI is InChI=1S/C14H21NO5/c1-3-20-13-5-4-12(8-11(13)9-16)15-14(17)10-19-7-6-18-2/h4-5,8,16H,3,6-7,9-10H2,1-2H3,(H,15,17). The Bertz CT molecular complexity index is 422. The van der Waals surface area contributed by atoms with Crippen molar-refractivity contribution in [2.24, 2.45) is 0 Å². The van der Waals surface area contributed by atoms with E-state index in [9.17, 15) is 9.90 Å². The van der Waals surface area contributed by atoms with Crippen LogP contribution in [0.5, 0.6) is 5.75 Å². The molecule has 6 nitrogen and oxygen atoms in total. The monoisotopic (exact) mass is 283 g/mol. The van der Waals surface area contributed by atoms with Crippen molar-refractivity contribution in [3.8, 4) is 5.75 Å². The van der Waals surface area contributed by atoms with Gasteiger partial charge in [-0.2, -0.15) is 0 Å². The van der Waals surface area contributed by atoms with Gasteiger partial charge < -0.3 is 24.6 Å². The molecule has 0 unspecified atom stereocenters. The van der Waals surface area contributed by atoms with Crippen LogP contribution in [0.4, 0.5) is 5.69 Å². The number of carbonyl (C=O) groups is 1. The summed E-state index contributed by atoms with van der Waals surface area (Å²) in [6.07, 6.45) is 0. The van der Waals surface area contributed by atoms with Crippen LogP contribution in [0.25, 0.3) is 0 Å². The van der Waals surface area contributed by atoms with Crippen molar-refractivity contribution in [1.82, 2.24) is 0 Å². The first-order valence-electron chi connectivity index (χ1n) is 6.44. The molecule has 0 aliphatic carbocycles. The molecule has 0 radical (unpaired) electrons. The summed E-state index contributed by atoms with van der Waals surface area (Å²) in [7, 11) is 1.57. The van der Waals surface area contributed by atoms with Crippen molar-refractivity contribution in [2.75, 3.05) is 38.9 Å². The molecule has 6 heteroatoms. The maximum Gasteiger partial charge on any atom is 0.250 e. The van der Waals surface area contributed by atoms with Crippen LogP contribution in [0.15, 0.2) is 18.2 Å². The first-order chi connectivity index (χ1) is 9.71. The van der Waals surface area contributed by atoms with E-state index in [1.807, 2.05) is 6.92 Å². The maximum absolute atomic E-state index is 11.6.